The first kappa shape index (κ1) is 37.4. The summed E-state index contributed by atoms with van der Waals surface area (Å²) in [4.78, 5) is 73.7. The Hall–Kier alpha value is -5.57. The molecule has 15 heteroatoms. The minimum atomic E-state index is -0.491. The molecule has 3 saturated heterocycles. The van der Waals surface area contributed by atoms with Gasteiger partial charge in [0.15, 0.2) is 0 Å². The summed E-state index contributed by atoms with van der Waals surface area (Å²) in [7, 11) is 7.15. The van der Waals surface area contributed by atoms with E-state index in [0.717, 1.165) is 111 Å². The van der Waals surface area contributed by atoms with Gasteiger partial charge in [-0.2, -0.15) is 4.98 Å². The van der Waals surface area contributed by atoms with Crippen LogP contribution < -0.4 is 25.3 Å². The van der Waals surface area contributed by atoms with E-state index >= 15 is 0 Å². The number of carbonyl (C=O) groups excluding carboxylic acids is 4. The Morgan fingerprint density at radius 2 is 1.77 bits per heavy atom. The molecule has 2 N–H and O–H groups in total. The van der Waals surface area contributed by atoms with Gasteiger partial charge in [-0.05, 0) is 67.3 Å². The number of anilines is 5. The van der Waals surface area contributed by atoms with E-state index in [2.05, 4.69) is 42.1 Å². The first-order valence-electron chi connectivity index (χ1n) is 19.7. The molecule has 4 fully saturated rings. The number of piperidine rings is 2. The second-order valence-electron chi connectivity index (χ2n) is 16.3. The van der Waals surface area contributed by atoms with Crippen molar-refractivity contribution >= 4 is 64.0 Å². The number of fused-ring (bicyclic) bond motifs is 1. The van der Waals surface area contributed by atoms with Crippen LogP contribution in [0.3, 0.4) is 0 Å². The summed E-state index contributed by atoms with van der Waals surface area (Å²) in [6.07, 6.45) is 11.7. The van der Waals surface area contributed by atoms with Crippen molar-refractivity contribution < 1.29 is 19.2 Å². The maximum absolute atomic E-state index is 13.1. The van der Waals surface area contributed by atoms with E-state index in [1.165, 1.54) is 0 Å². The number of aromatic nitrogens is 4. The minimum Gasteiger partial charge on any atom is -0.370 e. The standard InChI is InChI=1S/C41H51N11O4/c1-47(2)39(56)33-20-28-22-43-40(46-37(28)52(33)29-8-5-6-9-29)44-34-14-12-27(21-42-34)23-50-24-41(25-50)16-18-51(19-17-41)31-11-7-10-30(36(31)48(3)26-53)49(4)32-13-15-35(54)45-38(32)55/h7,10-12,14,20-22,26,29,32H,5-6,8-9,13,15-19,23-25H2,1-4H3,(H,45,54,55)(H,42,43,44,46). The molecule has 6 heterocycles. The molecule has 1 spiro atoms. The Balaban J connectivity index is 0.883. The van der Waals surface area contributed by atoms with Gasteiger partial charge in [0.25, 0.3) is 5.91 Å². The fourth-order valence-electron chi connectivity index (χ4n) is 9.20. The fourth-order valence-corrected chi connectivity index (χ4v) is 9.20. The van der Waals surface area contributed by atoms with Crippen LogP contribution in [0.4, 0.5) is 28.8 Å². The van der Waals surface area contributed by atoms with E-state index in [1.807, 2.05) is 42.4 Å². The Bertz CT molecular complexity index is 2130. The van der Waals surface area contributed by atoms with Gasteiger partial charge in [0.1, 0.15) is 23.2 Å². The Labute approximate surface area is 327 Å². The second-order valence-corrected chi connectivity index (χ2v) is 16.3. The maximum atomic E-state index is 13.1. The number of likely N-dealkylation sites (tertiary alicyclic amines) is 1. The Kier molecular flexibility index (Phi) is 10.1. The average molecular weight is 762 g/mol. The molecular formula is C41H51N11O4. The van der Waals surface area contributed by atoms with E-state index in [1.54, 1.807) is 37.1 Å². The molecule has 8 rings (SSSR count). The highest BCUT2D eigenvalue weighted by Gasteiger charge is 2.45. The summed E-state index contributed by atoms with van der Waals surface area (Å²) >= 11 is 0. The van der Waals surface area contributed by atoms with Crippen molar-refractivity contribution in [2.45, 2.75) is 70.0 Å². The third-order valence-corrected chi connectivity index (χ3v) is 12.2. The lowest BCUT2D eigenvalue weighted by Gasteiger charge is -2.54. The van der Waals surface area contributed by atoms with Gasteiger partial charge in [-0.1, -0.05) is 25.0 Å². The molecule has 1 atom stereocenters. The summed E-state index contributed by atoms with van der Waals surface area (Å²) in [5.74, 6) is 0.523. The summed E-state index contributed by atoms with van der Waals surface area (Å²) in [5, 5.41) is 6.59. The number of benzene rings is 1. The van der Waals surface area contributed by atoms with Crippen molar-refractivity contribution in [3.05, 3.63) is 60.0 Å². The highest BCUT2D eigenvalue weighted by molar-refractivity contribution is 6.03. The van der Waals surface area contributed by atoms with Crippen molar-refractivity contribution in [2.75, 3.05) is 74.4 Å². The molecule has 3 aliphatic heterocycles. The summed E-state index contributed by atoms with van der Waals surface area (Å²) in [6, 6.07) is 11.7. The predicted octanol–water partition coefficient (Wildman–Crippen LogP) is 4.32. The van der Waals surface area contributed by atoms with Crippen molar-refractivity contribution in [3.8, 4) is 0 Å². The van der Waals surface area contributed by atoms with Crippen molar-refractivity contribution in [1.82, 2.24) is 34.6 Å². The van der Waals surface area contributed by atoms with Gasteiger partial charge < -0.3 is 29.5 Å². The predicted molar refractivity (Wildman–Crippen MR) is 215 cm³/mol. The molecule has 3 aromatic heterocycles. The fraction of sp³-hybridized carbons (Fsp3) is 0.488. The molecule has 1 aliphatic carbocycles. The summed E-state index contributed by atoms with van der Waals surface area (Å²) < 4.78 is 2.12. The quantitative estimate of drug-likeness (QED) is 0.166. The van der Waals surface area contributed by atoms with Crippen LogP contribution in [-0.2, 0) is 20.9 Å². The Morgan fingerprint density at radius 3 is 2.45 bits per heavy atom. The smallest absolute Gasteiger partial charge is 0.270 e. The topological polar surface area (TPSA) is 152 Å². The molecule has 1 saturated carbocycles. The van der Waals surface area contributed by atoms with Gasteiger partial charge in [0, 0.05) is 91.2 Å². The summed E-state index contributed by atoms with van der Waals surface area (Å²) in [5.41, 5.74) is 5.34. The van der Waals surface area contributed by atoms with Crippen molar-refractivity contribution in [1.29, 1.82) is 0 Å². The number of pyridine rings is 1. The van der Waals surface area contributed by atoms with Crippen molar-refractivity contribution in [3.63, 3.8) is 0 Å². The minimum absolute atomic E-state index is 0.0303. The highest BCUT2D eigenvalue weighted by atomic mass is 16.2. The van der Waals surface area contributed by atoms with E-state index in [9.17, 15) is 19.2 Å². The zero-order chi connectivity index (χ0) is 39.1. The van der Waals surface area contributed by atoms with Crippen LogP contribution in [-0.4, -0.2) is 114 Å². The van der Waals surface area contributed by atoms with Crippen LogP contribution in [0.2, 0.25) is 0 Å². The van der Waals surface area contributed by atoms with Crippen molar-refractivity contribution in [2.24, 2.45) is 5.41 Å². The number of amides is 4. The van der Waals surface area contributed by atoms with E-state index in [0.29, 0.717) is 23.9 Å². The van der Waals surface area contributed by atoms with Crippen LogP contribution in [0.15, 0.2) is 48.8 Å². The normalized spacial score (nSPS) is 19.9. The SMILES string of the molecule is CN(C)C(=O)c1cc2cnc(Nc3ccc(CN4CC5(CCN(c6cccc(N(C)C7CCC(=O)NC7=O)c6N(C)C=O)CC5)C4)cn3)nc2n1C1CCCC1. The molecule has 1 aromatic carbocycles. The van der Waals surface area contributed by atoms with Gasteiger partial charge in [0.05, 0.1) is 17.1 Å². The summed E-state index contributed by atoms with van der Waals surface area (Å²) in [6.45, 7) is 4.60. The van der Waals surface area contributed by atoms with E-state index in [-0.39, 0.29) is 35.6 Å². The third kappa shape index (κ3) is 7.15. The van der Waals surface area contributed by atoms with Gasteiger partial charge in [0.2, 0.25) is 24.2 Å². The van der Waals surface area contributed by atoms with Gasteiger partial charge in [-0.15, -0.1) is 0 Å². The molecule has 56 heavy (non-hydrogen) atoms. The number of para-hydroxylation sites is 1. The molecule has 4 aromatic rings. The lowest BCUT2D eigenvalue weighted by molar-refractivity contribution is -0.134. The van der Waals surface area contributed by atoms with E-state index in [4.69, 9.17) is 9.97 Å². The molecular weight excluding hydrogens is 711 g/mol. The number of hydrogen-bond acceptors (Lipinski definition) is 11. The monoisotopic (exact) mass is 761 g/mol. The van der Waals surface area contributed by atoms with E-state index < -0.39 is 6.04 Å². The number of carbonyl (C=O) groups is 4. The molecule has 0 radical (unpaired) electrons. The largest absolute Gasteiger partial charge is 0.370 e. The van der Waals surface area contributed by atoms with Crippen LogP contribution in [0.5, 0.6) is 0 Å². The van der Waals surface area contributed by atoms with Crippen LogP contribution in [0.25, 0.3) is 11.0 Å². The highest BCUT2D eigenvalue weighted by Crippen LogP contribution is 2.45. The lowest BCUT2D eigenvalue weighted by atomic mass is 9.71. The first-order chi connectivity index (χ1) is 27.0. The number of nitrogens with one attached hydrogen (secondary N) is 2. The molecule has 0 bridgehead atoms. The number of likely N-dealkylation sites (N-methyl/N-ethyl adjacent to an activating group) is 1. The first-order valence-corrected chi connectivity index (χ1v) is 19.7. The Morgan fingerprint density at radius 1 is 1.00 bits per heavy atom. The van der Waals surface area contributed by atoms with Gasteiger partial charge in [-0.3, -0.25) is 29.4 Å². The zero-order valence-corrected chi connectivity index (χ0v) is 32.7. The third-order valence-electron chi connectivity index (χ3n) is 12.2. The molecule has 294 valence electrons. The lowest BCUT2D eigenvalue weighted by Crippen LogP contribution is -2.59. The molecule has 4 amide bonds. The number of rotatable bonds is 11. The average Bonchev–Trinajstić information content (AvgIpc) is 3.85. The van der Waals surface area contributed by atoms with Gasteiger partial charge in [-0.25, -0.2) is 9.97 Å². The van der Waals surface area contributed by atoms with Crippen LogP contribution >= 0.6 is 0 Å². The molecule has 1 unspecified atom stereocenters. The number of imide groups is 1. The van der Waals surface area contributed by atoms with Gasteiger partial charge >= 0.3 is 0 Å². The zero-order valence-electron chi connectivity index (χ0n) is 32.7. The van der Waals surface area contributed by atoms with Crippen LogP contribution in [0.1, 0.15) is 73.5 Å². The van der Waals surface area contributed by atoms with Crippen LogP contribution in [0, 0.1) is 5.41 Å². The second kappa shape index (κ2) is 15.2. The maximum Gasteiger partial charge on any atom is 0.270 e. The molecule has 4 aliphatic rings. The number of nitrogens with zero attached hydrogens (tertiary/aromatic N) is 9. The molecule has 15 nitrogen and oxygen atoms in total. The number of hydrogen-bond donors (Lipinski definition) is 2.